The minimum Gasteiger partial charge on any atom is -0.496 e. The van der Waals surface area contributed by atoms with Gasteiger partial charge in [-0.1, -0.05) is 0 Å². The van der Waals surface area contributed by atoms with Crippen LogP contribution in [-0.4, -0.2) is 31.8 Å². The van der Waals surface area contributed by atoms with Crippen LogP contribution in [0.1, 0.15) is 38.1 Å². The third-order valence-corrected chi connectivity index (χ3v) is 4.50. The molecule has 2 aromatic carbocycles. The molecule has 6 nitrogen and oxygen atoms in total. The first-order chi connectivity index (χ1) is 12.1. The van der Waals surface area contributed by atoms with Gasteiger partial charge in [-0.2, -0.15) is 0 Å². The number of halogens is 1. The van der Waals surface area contributed by atoms with E-state index in [1.165, 1.54) is 20.1 Å². The minimum atomic E-state index is -0.646. The molecule has 2 aromatic rings. The van der Waals surface area contributed by atoms with E-state index in [9.17, 15) is 9.59 Å². The average molecular weight is 472 g/mol. The van der Waals surface area contributed by atoms with E-state index in [1.54, 1.807) is 40.0 Å². The van der Waals surface area contributed by atoms with Crippen LogP contribution in [0, 0.1) is 3.57 Å². The molecule has 2 rings (SSSR count). The lowest BCUT2D eigenvalue weighted by Crippen LogP contribution is -2.24. The Balaban J connectivity index is 2.80. The molecule has 0 bridgehead atoms. The highest BCUT2D eigenvalue weighted by molar-refractivity contribution is 14.1. The van der Waals surface area contributed by atoms with Crippen LogP contribution >= 0.6 is 22.6 Å². The van der Waals surface area contributed by atoms with E-state index >= 15 is 0 Å². The van der Waals surface area contributed by atoms with Gasteiger partial charge in [0.05, 0.1) is 28.7 Å². The van der Waals surface area contributed by atoms with Gasteiger partial charge in [0.25, 0.3) is 0 Å². The molecule has 0 fully saturated rings. The van der Waals surface area contributed by atoms with Crippen molar-refractivity contribution in [3.8, 4) is 17.2 Å². The molecule has 0 aromatic heterocycles. The van der Waals surface area contributed by atoms with Crippen LogP contribution in [0.2, 0.25) is 0 Å². The zero-order chi connectivity index (χ0) is 19.6. The summed E-state index contributed by atoms with van der Waals surface area (Å²) in [5.74, 6) is 0.286. The molecule has 0 N–H and O–H groups in total. The summed E-state index contributed by atoms with van der Waals surface area (Å²) in [6.45, 7) is 6.66. The summed E-state index contributed by atoms with van der Waals surface area (Å²) in [5, 5.41) is 1.25. The molecule has 0 spiro atoms. The number of rotatable bonds is 4. The molecule has 0 atom stereocenters. The van der Waals surface area contributed by atoms with Crippen molar-refractivity contribution in [1.29, 1.82) is 0 Å². The van der Waals surface area contributed by atoms with Crippen molar-refractivity contribution in [2.24, 2.45) is 0 Å². The maximum absolute atomic E-state index is 12.5. The van der Waals surface area contributed by atoms with Gasteiger partial charge in [0.15, 0.2) is 0 Å². The van der Waals surface area contributed by atoms with Crippen LogP contribution in [-0.2, 0) is 9.53 Å². The number of benzene rings is 2. The number of carbonyl (C=O) groups excluding carboxylic acids is 2. The third kappa shape index (κ3) is 4.38. The second-order valence-corrected chi connectivity index (χ2v) is 7.67. The molecule has 0 saturated carbocycles. The van der Waals surface area contributed by atoms with Gasteiger partial charge in [0.2, 0.25) is 0 Å². The van der Waals surface area contributed by atoms with E-state index in [4.69, 9.17) is 18.9 Å². The second kappa shape index (κ2) is 7.69. The first kappa shape index (κ1) is 20.3. The van der Waals surface area contributed by atoms with Crippen molar-refractivity contribution in [3.63, 3.8) is 0 Å². The molecule has 0 amide bonds. The Hall–Kier alpha value is -2.03. The first-order valence-corrected chi connectivity index (χ1v) is 8.95. The summed E-state index contributed by atoms with van der Waals surface area (Å²) in [7, 11) is 3.06. The fourth-order valence-electron chi connectivity index (χ4n) is 2.43. The summed E-state index contributed by atoms with van der Waals surface area (Å²) in [4.78, 5) is 24.1. The van der Waals surface area contributed by atoms with E-state index < -0.39 is 17.5 Å². The smallest absolute Gasteiger partial charge is 0.338 e. The molecular weight excluding hydrogens is 451 g/mol. The van der Waals surface area contributed by atoms with E-state index in [2.05, 4.69) is 22.6 Å². The average Bonchev–Trinajstić information content (AvgIpc) is 2.53. The molecule has 0 aliphatic rings. The van der Waals surface area contributed by atoms with Crippen LogP contribution in [0.15, 0.2) is 18.2 Å². The number of hydrogen-bond donors (Lipinski definition) is 0. The van der Waals surface area contributed by atoms with Crippen LogP contribution in [0.3, 0.4) is 0 Å². The summed E-state index contributed by atoms with van der Waals surface area (Å²) in [5.41, 5.74) is -0.371. The highest BCUT2D eigenvalue weighted by atomic mass is 127. The van der Waals surface area contributed by atoms with Gasteiger partial charge in [0.1, 0.15) is 22.8 Å². The second-order valence-electron chi connectivity index (χ2n) is 6.59. The Labute approximate surface area is 165 Å². The van der Waals surface area contributed by atoms with Gasteiger partial charge < -0.3 is 18.9 Å². The quantitative estimate of drug-likeness (QED) is 0.375. The molecule has 0 radical (unpaired) electrons. The maximum atomic E-state index is 12.5. The number of fused-ring (bicyclic) bond motifs is 1. The maximum Gasteiger partial charge on any atom is 0.338 e. The Morgan fingerprint density at radius 1 is 0.962 bits per heavy atom. The van der Waals surface area contributed by atoms with Gasteiger partial charge in [0, 0.05) is 18.4 Å². The number of methoxy groups -OCH3 is 2. The van der Waals surface area contributed by atoms with Gasteiger partial charge in [-0.15, -0.1) is 0 Å². The van der Waals surface area contributed by atoms with E-state index in [1.807, 2.05) is 0 Å². The lowest BCUT2D eigenvalue weighted by atomic mass is 10.0. The topological polar surface area (TPSA) is 71.1 Å². The number of hydrogen-bond acceptors (Lipinski definition) is 6. The van der Waals surface area contributed by atoms with E-state index in [0.29, 0.717) is 22.3 Å². The molecule has 26 heavy (non-hydrogen) atoms. The van der Waals surface area contributed by atoms with Crippen molar-refractivity contribution in [2.45, 2.75) is 33.3 Å². The summed E-state index contributed by atoms with van der Waals surface area (Å²) in [6, 6.07) is 4.89. The Kier molecular flexibility index (Phi) is 6.00. The van der Waals surface area contributed by atoms with Crippen molar-refractivity contribution in [3.05, 3.63) is 27.3 Å². The third-order valence-electron chi connectivity index (χ3n) is 3.39. The summed E-state index contributed by atoms with van der Waals surface area (Å²) < 4.78 is 22.4. The van der Waals surface area contributed by atoms with Crippen LogP contribution in [0.25, 0.3) is 10.8 Å². The van der Waals surface area contributed by atoms with E-state index in [0.717, 1.165) is 3.57 Å². The lowest BCUT2D eigenvalue weighted by Gasteiger charge is -2.20. The molecule has 0 heterocycles. The van der Waals surface area contributed by atoms with Crippen molar-refractivity contribution >= 4 is 45.3 Å². The van der Waals surface area contributed by atoms with E-state index in [-0.39, 0.29) is 11.3 Å². The predicted octanol–water partition coefficient (Wildman–Crippen LogP) is 4.34. The molecule has 0 unspecified atom stereocenters. The van der Waals surface area contributed by atoms with Crippen molar-refractivity contribution in [1.82, 2.24) is 0 Å². The zero-order valence-corrected chi connectivity index (χ0v) is 17.7. The molecular formula is C19H21IO6. The molecule has 140 valence electrons. The highest BCUT2D eigenvalue weighted by Crippen LogP contribution is 2.42. The Bertz CT molecular complexity index is 867. The number of carbonyl (C=O) groups is 2. The highest BCUT2D eigenvalue weighted by Gasteiger charge is 2.23. The standard InChI is InChI=1S/C19H21IO6/c1-10(21)25-14-8-11(18(22)26-19(2,3)4)7-12-16(14)13(23-5)9-15(24-6)17(12)20/h7-9H,1-6H3. The first-order valence-electron chi connectivity index (χ1n) is 7.87. The van der Waals surface area contributed by atoms with Gasteiger partial charge in [-0.25, -0.2) is 4.79 Å². The van der Waals surface area contributed by atoms with Gasteiger partial charge in [-0.3, -0.25) is 4.79 Å². The number of esters is 2. The van der Waals surface area contributed by atoms with Crippen molar-refractivity contribution < 1.29 is 28.5 Å². The van der Waals surface area contributed by atoms with Crippen LogP contribution < -0.4 is 14.2 Å². The zero-order valence-electron chi connectivity index (χ0n) is 15.6. The van der Waals surface area contributed by atoms with Gasteiger partial charge >= 0.3 is 11.9 Å². The molecule has 7 heteroatoms. The van der Waals surface area contributed by atoms with Crippen molar-refractivity contribution in [2.75, 3.05) is 14.2 Å². The van der Waals surface area contributed by atoms with Gasteiger partial charge in [-0.05, 0) is 55.5 Å². The molecule has 0 aliphatic carbocycles. The van der Waals surface area contributed by atoms with Crippen LogP contribution in [0.4, 0.5) is 0 Å². The number of ether oxygens (including phenoxy) is 4. The largest absolute Gasteiger partial charge is 0.496 e. The molecule has 0 aliphatic heterocycles. The Morgan fingerprint density at radius 3 is 2.08 bits per heavy atom. The van der Waals surface area contributed by atoms with Crippen LogP contribution in [0.5, 0.6) is 17.2 Å². The monoisotopic (exact) mass is 472 g/mol. The minimum absolute atomic E-state index is 0.230. The predicted molar refractivity (Wildman–Crippen MR) is 106 cm³/mol. The SMILES string of the molecule is COc1cc(OC)c2c(OC(C)=O)cc(C(=O)OC(C)(C)C)cc2c1I. The fourth-order valence-corrected chi connectivity index (χ4v) is 3.23. The normalized spacial score (nSPS) is 11.2. The summed E-state index contributed by atoms with van der Waals surface area (Å²) >= 11 is 2.12. The molecule has 0 saturated heterocycles. The lowest BCUT2D eigenvalue weighted by molar-refractivity contribution is -0.131. The summed E-state index contributed by atoms with van der Waals surface area (Å²) in [6.07, 6.45) is 0. The Morgan fingerprint density at radius 2 is 1.58 bits per heavy atom. The fraction of sp³-hybridized carbons (Fsp3) is 0.368.